The van der Waals surface area contributed by atoms with Gasteiger partial charge >= 0.3 is 0 Å². The molecule has 0 amide bonds. The van der Waals surface area contributed by atoms with Crippen molar-refractivity contribution in [1.29, 1.82) is 0 Å². The molecule has 74 valence electrons. The van der Waals surface area contributed by atoms with Gasteiger partial charge in [-0.3, -0.25) is 0 Å². The molecule has 0 heterocycles. The van der Waals surface area contributed by atoms with Crippen molar-refractivity contribution in [3.63, 3.8) is 0 Å². The van der Waals surface area contributed by atoms with Gasteiger partial charge in [0.1, 0.15) is 0 Å². The van der Waals surface area contributed by atoms with E-state index in [1.165, 1.54) is 6.54 Å². The van der Waals surface area contributed by atoms with Crippen molar-refractivity contribution < 1.29 is 0 Å². The molecule has 0 aromatic carbocycles. The second-order valence-electron chi connectivity index (χ2n) is 4.73. The summed E-state index contributed by atoms with van der Waals surface area (Å²) in [6.45, 7) is 10.3. The summed E-state index contributed by atoms with van der Waals surface area (Å²) in [6, 6.07) is 0. The summed E-state index contributed by atoms with van der Waals surface area (Å²) < 4.78 is 0. The highest BCUT2D eigenvalue weighted by atomic mass is 15.1. The maximum Gasteiger partial charge on any atom is 0.00418 e. The minimum absolute atomic E-state index is 0.397. The van der Waals surface area contributed by atoms with Crippen LogP contribution in [-0.4, -0.2) is 50.6 Å². The van der Waals surface area contributed by atoms with E-state index < -0.39 is 0 Å². The average Bonchev–Trinajstić information content (AvgIpc) is 1.83. The molecule has 0 bridgehead atoms. The van der Waals surface area contributed by atoms with E-state index in [9.17, 15) is 0 Å². The predicted octanol–water partition coefficient (Wildman–Crippen LogP) is 1.53. The lowest BCUT2D eigenvalue weighted by Gasteiger charge is -2.32. The van der Waals surface area contributed by atoms with Crippen LogP contribution in [0.1, 0.15) is 20.8 Å². The van der Waals surface area contributed by atoms with Gasteiger partial charge in [0.25, 0.3) is 0 Å². The summed E-state index contributed by atoms with van der Waals surface area (Å²) in [6.07, 6.45) is 0. The summed E-state index contributed by atoms with van der Waals surface area (Å²) in [5, 5.41) is 0. The SMILES string of the molecule is CCN(C)CC(C)(C)CN(C)C. The largest absolute Gasteiger partial charge is 0.309 e. The van der Waals surface area contributed by atoms with Gasteiger partial charge in [-0.15, -0.1) is 0 Å². The third kappa shape index (κ3) is 5.56. The van der Waals surface area contributed by atoms with Crippen LogP contribution >= 0.6 is 0 Å². The van der Waals surface area contributed by atoms with E-state index in [0.717, 1.165) is 13.1 Å². The molecule has 0 saturated heterocycles. The first kappa shape index (κ1) is 11.9. The summed E-state index contributed by atoms with van der Waals surface area (Å²) in [5.41, 5.74) is 0.397. The van der Waals surface area contributed by atoms with Crippen molar-refractivity contribution in [2.45, 2.75) is 20.8 Å². The van der Waals surface area contributed by atoms with Gasteiger partial charge in [-0.1, -0.05) is 20.8 Å². The molecule has 0 radical (unpaired) electrons. The van der Waals surface area contributed by atoms with Crippen molar-refractivity contribution in [2.75, 3.05) is 40.8 Å². The molecule has 0 aromatic rings. The zero-order valence-electron chi connectivity index (χ0n) is 9.52. The van der Waals surface area contributed by atoms with Crippen LogP contribution in [0.2, 0.25) is 0 Å². The molecule has 2 nitrogen and oxygen atoms in total. The van der Waals surface area contributed by atoms with Crippen LogP contribution in [0.15, 0.2) is 0 Å². The second kappa shape index (κ2) is 4.83. The molecule has 0 N–H and O–H groups in total. The quantitative estimate of drug-likeness (QED) is 0.620. The van der Waals surface area contributed by atoms with Crippen LogP contribution < -0.4 is 0 Å². The number of hydrogen-bond donors (Lipinski definition) is 0. The summed E-state index contributed by atoms with van der Waals surface area (Å²) in [4.78, 5) is 4.62. The molecule has 0 aliphatic heterocycles. The second-order valence-corrected chi connectivity index (χ2v) is 4.73. The Morgan fingerprint density at radius 3 is 1.83 bits per heavy atom. The van der Waals surface area contributed by atoms with Crippen molar-refractivity contribution >= 4 is 0 Å². The average molecular weight is 172 g/mol. The molecule has 0 aliphatic carbocycles. The fourth-order valence-electron chi connectivity index (χ4n) is 1.75. The smallest absolute Gasteiger partial charge is 0.00418 e. The lowest BCUT2D eigenvalue weighted by atomic mass is 9.92. The highest BCUT2D eigenvalue weighted by molar-refractivity contribution is 4.74. The highest BCUT2D eigenvalue weighted by Crippen LogP contribution is 2.16. The Balaban J connectivity index is 3.85. The third-order valence-electron chi connectivity index (χ3n) is 1.98. The minimum atomic E-state index is 0.397. The number of rotatable bonds is 5. The Bertz CT molecular complexity index is 119. The Hall–Kier alpha value is -0.0800. The molecule has 0 fully saturated rings. The van der Waals surface area contributed by atoms with Gasteiger partial charge in [0.15, 0.2) is 0 Å². The molecule has 0 aliphatic rings. The Morgan fingerprint density at radius 1 is 1.00 bits per heavy atom. The van der Waals surface area contributed by atoms with Crippen molar-refractivity contribution in [3.8, 4) is 0 Å². The molecule has 0 rings (SSSR count). The van der Waals surface area contributed by atoms with Gasteiger partial charge in [-0.25, -0.2) is 0 Å². The molecular formula is C10H24N2. The van der Waals surface area contributed by atoms with Crippen LogP contribution in [0.5, 0.6) is 0 Å². The summed E-state index contributed by atoms with van der Waals surface area (Å²) >= 11 is 0. The monoisotopic (exact) mass is 172 g/mol. The van der Waals surface area contributed by atoms with Crippen LogP contribution in [-0.2, 0) is 0 Å². The molecule has 0 atom stereocenters. The van der Waals surface area contributed by atoms with Crippen molar-refractivity contribution in [3.05, 3.63) is 0 Å². The maximum atomic E-state index is 2.36. The molecular weight excluding hydrogens is 148 g/mol. The standard InChI is InChI=1S/C10H24N2/c1-7-12(6)9-10(2,3)8-11(4)5/h7-9H2,1-6H3. The fourth-order valence-corrected chi connectivity index (χ4v) is 1.75. The highest BCUT2D eigenvalue weighted by Gasteiger charge is 2.19. The minimum Gasteiger partial charge on any atom is -0.309 e. The zero-order valence-corrected chi connectivity index (χ0v) is 9.52. The van der Waals surface area contributed by atoms with E-state index in [1.54, 1.807) is 0 Å². The van der Waals surface area contributed by atoms with Crippen LogP contribution in [0.25, 0.3) is 0 Å². The van der Waals surface area contributed by atoms with Gasteiger partial charge < -0.3 is 9.80 Å². The first-order chi connectivity index (χ1) is 5.37. The maximum absolute atomic E-state index is 2.36. The van der Waals surface area contributed by atoms with Crippen LogP contribution in [0, 0.1) is 5.41 Å². The topological polar surface area (TPSA) is 6.48 Å². The van der Waals surface area contributed by atoms with Gasteiger partial charge in [-0.05, 0) is 33.1 Å². The normalized spacial score (nSPS) is 13.0. The van der Waals surface area contributed by atoms with Crippen molar-refractivity contribution in [2.24, 2.45) is 5.41 Å². The Labute approximate surface area is 77.5 Å². The van der Waals surface area contributed by atoms with E-state index in [4.69, 9.17) is 0 Å². The van der Waals surface area contributed by atoms with E-state index in [2.05, 4.69) is 51.7 Å². The summed E-state index contributed by atoms with van der Waals surface area (Å²) in [7, 11) is 6.44. The molecule has 0 saturated carbocycles. The molecule has 0 unspecified atom stereocenters. The van der Waals surface area contributed by atoms with Gasteiger partial charge in [0.05, 0.1) is 0 Å². The summed E-state index contributed by atoms with van der Waals surface area (Å²) in [5.74, 6) is 0. The van der Waals surface area contributed by atoms with Crippen LogP contribution in [0.4, 0.5) is 0 Å². The number of nitrogens with zero attached hydrogens (tertiary/aromatic N) is 2. The Morgan fingerprint density at radius 2 is 1.50 bits per heavy atom. The van der Waals surface area contributed by atoms with E-state index in [1.807, 2.05) is 0 Å². The molecule has 12 heavy (non-hydrogen) atoms. The Kier molecular flexibility index (Phi) is 4.80. The number of hydrogen-bond acceptors (Lipinski definition) is 2. The predicted molar refractivity (Wildman–Crippen MR) is 55.5 cm³/mol. The lowest BCUT2D eigenvalue weighted by molar-refractivity contribution is 0.169. The molecule has 0 spiro atoms. The van der Waals surface area contributed by atoms with E-state index in [0.29, 0.717) is 5.41 Å². The molecule has 2 heteroatoms. The van der Waals surface area contributed by atoms with Gasteiger partial charge in [0.2, 0.25) is 0 Å². The first-order valence-electron chi connectivity index (χ1n) is 4.70. The zero-order chi connectivity index (χ0) is 9.78. The lowest BCUT2D eigenvalue weighted by Crippen LogP contribution is -2.38. The fraction of sp³-hybridized carbons (Fsp3) is 1.00. The first-order valence-corrected chi connectivity index (χ1v) is 4.70. The van der Waals surface area contributed by atoms with Crippen LogP contribution in [0.3, 0.4) is 0 Å². The molecule has 0 aromatic heterocycles. The van der Waals surface area contributed by atoms with Gasteiger partial charge in [-0.2, -0.15) is 0 Å². The van der Waals surface area contributed by atoms with E-state index >= 15 is 0 Å². The van der Waals surface area contributed by atoms with E-state index in [-0.39, 0.29) is 0 Å². The van der Waals surface area contributed by atoms with Gasteiger partial charge in [0, 0.05) is 13.1 Å². The third-order valence-corrected chi connectivity index (χ3v) is 1.98. The van der Waals surface area contributed by atoms with Crippen molar-refractivity contribution in [1.82, 2.24) is 9.80 Å².